The molecule has 0 aliphatic rings. The zero-order valence-electron chi connectivity index (χ0n) is 19.2. The van der Waals surface area contributed by atoms with Gasteiger partial charge in [0.25, 0.3) is 0 Å². The number of pyridine rings is 1. The minimum atomic E-state index is -4.59. The molecule has 0 saturated heterocycles. The van der Waals surface area contributed by atoms with E-state index in [0.717, 1.165) is 12.3 Å². The van der Waals surface area contributed by atoms with Crippen LogP contribution in [0.5, 0.6) is 0 Å². The van der Waals surface area contributed by atoms with Crippen LogP contribution in [0.25, 0.3) is 28.2 Å². The predicted molar refractivity (Wildman–Crippen MR) is 121 cm³/mol. The van der Waals surface area contributed by atoms with Gasteiger partial charge in [0.2, 0.25) is 0 Å². The molecule has 1 unspecified atom stereocenters. The van der Waals surface area contributed by atoms with E-state index >= 15 is 0 Å². The maximum Gasteiger partial charge on any atom is 0.417 e. The van der Waals surface area contributed by atoms with E-state index < -0.39 is 21.6 Å². The summed E-state index contributed by atoms with van der Waals surface area (Å²) in [5.41, 5.74) is -0.475. The number of aryl methyl sites for hydroxylation is 1. The zero-order valence-corrected chi connectivity index (χ0v) is 20.0. The number of alkyl halides is 3. The molecule has 0 aliphatic heterocycles. The summed E-state index contributed by atoms with van der Waals surface area (Å²) in [6.07, 6.45) is -2.35. The van der Waals surface area contributed by atoms with Crippen molar-refractivity contribution in [3.8, 4) is 11.4 Å². The van der Waals surface area contributed by atoms with Crippen molar-refractivity contribution in [2.24, 2.45) is 13.0 Å². The Morgan fingerprint density at radius 2 is 1.85 bits per heavy atom. The highest BCUT2D eigenvalue weighted by Gasteiger charge is 2.33. The van der Waals surface area contributed by atoms with Gasteiger partial charge in [-0.15, -0.1) is 0 Å². The van der Waals surface area contributed by atoms with Gasteiger partial charge in [-0.1, -0.05) is 20.8 Å². The highest BCUT2D eigenvalue weighted by Crippen LogP contribution is 2.35. The van der Waals surface area contributed by atoms with Gasteiger partial charge in [-0.05, 0) is 25.0 Å². The molecule has 0 aliphatic carbocycles. The van der Waals surface area contributed by atoms with Gasteiger partial charge in [0.1, 0.15) is 22.7 Å². The van der Waals surface area contributed by atoms with Crippen LogP contribution in [-0.4, -0.2) is 49.3 Å². The van der Waals surface area contributed by atoms with E-state index in [1.165, 1.54) is 22.2 Å². The van der Waals surface area contributed by atoms with Crippen LogP contribution in [0.4, 0.5) is 19.0 Å². The van der Waals surface area contributed by atoms with Gasteiger partial charge in [-0.25, -0.2) is 23.4 Å². The van der Waals surface area contributed by atoms with E-state index in [-0.39, 0.29) is 50.9 Å². The van der Waals surface area contributed by atoms with Crippen LogP contribution in [0.2, 0.25) is 0 Å². The molecule has 182 valence electrons. The fourth-order valence-electron chi connectivity index (χ4n) is 3.44. The summed E-state index contributed by atoms with van der Waals surface area (Å²) in [4.78, 5) is 12.6. The molecule has 4 heterocycles. The first-order chi connectivity index (χ1) is 15.8. The summed E-state index contributed by atoms with van der Waals surface area (Å²) < 4.78 is 68.4. The van der Waals surface area contributed by atoms with E-state index in [1.54, 1.807) is 13.1 Å². The van der Waals surface area contributed by atoms with Gasteiger partial charge in [-0.3, -0.25) is 0 Å². The molecule has 0 aromatic carbocycles. The van der Waals surface area contributed by atoms with Gasteiger partial charge in [0, 0.05) is 25.5 Å². The molecule has 1 N–H and O–H groups in total. The number of hydrogen-bond donors (Lipinski definition) is 1. The third kappa shape index (κ3) is 3.97. The summed E-state index contributed by atoms with van der Waals surface area (Å²) in [6, 6.07) is 2.61. The Hall–Kier alpha value is -3.22. The van der Waals surface area contributed by atoms with Crippen LogP contribution >= 0.6 is 0 Å². The molecular formula is C21H24F3N7O2S. The Labute approximate surface area is 194 Å². The molecule has 0 spiro atoms. The lowest BCUT2D eigenvalue weighted by atomic mass is 10.1. The molecule has 0 fully saturated rings. The quantitative estimate of drug-likeness (QED) is 0.432. The summed E-state index contributed by atoms with van der Waals surface area (Å²) in [5.74, 6) is 0.688. The third-order valence-corrected chi connectivity index (χ3v) is 7.43. The maximum atomic E-state index is 13.2. The highest BCUT2D eigenvalue weighted by atomic mass is 32.2. The van der Waals surface area contributed by atoms with Gasteiger partial charge < -0.3 is 9.88 Å². The average molecular weight is 496 g/mol. The van der Waals surface area contributed by atoms with Crippen LogP contribution in [0.3, 0.4) is 0 Å². The summed E-state index contributed by atoms with van der Waals surface area (Å²) in [7, 11) is -2.28. The Morgan fingerprint density at radius 1 is 1.15 bits per heavy atom. The van der Waals surface area contributed by atoms with Crippen LogP contribution < -0.4 is 5.32 Å². The molecule has 13 heteroatoms. The lowest BCUT2D eigenvalue weighted by Crippen LogP contribution is -2.23. The van der Waals surface area contributed by atoms with Crippen LogP contribution in [0.1, 0.15) is 33.3 Å². The van der Waals surface area contributed by atoms with Crippen molar-refractivity contribution < 1.29 is 21.6 Å². The number of imidazole rings is 1. The summed E-state index contributed by atoms with van der Waals surface area (Å²) in [6.45, 7) is 7.56. The molecule has 0 saturated carbocycles. The van der Waals surface area contributed by atoms with Crippen LogP contribution in [0.15, 0.2) is 29.6 Å². The molecule has 4 aromatic rings. The monoisotopic (exact) mass is 495 g/mol. The van der Waals surface area contributed by atoms with Crippen molar-refractivity contribution in [2.75, 3.05) is 11.1 Å². The molecule has 1 atom stereocenters. The van der Waals surface area contributed by atoms with Crippen LogP contribution in [0, 0.1) is 5.92 Å². The second-order valence-electron chi connectivity index (χ2n) is 8.39. The molecule has 4 aromatic heterocycles. The molecule has 0 radical (unpaired) electrons. The molecule has 0 amide bonds. The molecule has 4 rings (SSSR count). The molecular weight excluding hydrogens is 471 g/mol. The Morgan fingerprint density at radius 3 is 2.47 bits per heavy atom. The first kappa shape index (κ1) is 23.9. The highest BCUT2D eigenvalue weighted by molar-refractivity contribution is 7.91. The van der Waals surface area contributed by atoms with Crippen molar-refractivity contribution in [1.29, 1.82) is 0 Å². The maximum absolute atomic E-state index is 13.2. The second kappa shape index (κ2) is 8.22. The van der Waals surface area contributed by atoms with Crippen molar-refractivity contribution in [1.82, 2.24) is 29.1 Å². The smallest absolute Gasteiger partial charge is 0.367 e. The van der Waals surface area contributed by atoms with Crippen molar-refractivity contribution in [2.45, 2.75) is 44.9 Å². The van der Waals surface area contributed by atoms with Gasteiger partial charge >= 0.3 is 6.18 Å². The number of hydrogen-bond acceptors (Lipinski definition) is 7. The zero-order chi connectivity index (χ0) is 25.0. The van der Waals surface area contributed by atoms with E-state index in [4.69, 9.17) is 0 Å². The molecule has 34 heavy (non-hydrogen) atoms. The Kier molecular flexibility index (Phi) is 5.78. The number of anilines is 1. The summed E-state index contributed by atoms with van der Waals surface area (Å²) in [5, 5.41) is 7.43. The van der Waals surface area contributed by atoms with Gasteiger partial charge in [0.15, 0.2) is 26.2 Å². The standard InChI is InChI=1S/C21H24F3N7O2S/c1-6-34(32,33)20-16(18-25-8-7-15(31(18)29-20)27-12(4)11(2)3)19-28-14-9-13(21(22,23)24)10-26-17(14)30(19)5/h7-12,27H,6H2,1-5H3. The largest absolute Gasteiger partial charge is 0.417 e. The van der Waals surface area contributed by atoms with E-state index in [9.17, 15) is 21.6 Å². The van der Waals surface area contributed by atoms with E-state index in [1.807, 2.05) is 20.8 Å². The lowest BCUT2D eigenvalue weighted by molar-refractivity contribution is -0.137. The van der Waals surface area contributed by atoms with Crippen molar-refractivity contribution in [3.63, 3.8) is 0 Å². The van der Waals surface area contributed by atoms with E-state index in [0.29, 0.717) is 5.82 Å². The van der Waals surface area contributed by atoms with Gasteiger partial charge in [-0.2, -0.15) is 22.8 Å². The number of nitrogens with zero attached hydrogens (tertiary/aromatic N) is 6. The number of rotatable bonds is 6. The minimum Gasteiger partial charge on any atom is -0.367 e. The molecule has 0 bridgehead atoms. The SMILES string of the molecule is CCS(=O)(=O)c1nn2c(NC(C)C(C)C)ccnc2c1-c1nc2cc(C(F)(F)F)cnc2n1C. The van der Waals surface area contributed by atoms with Gasteiger partial charge in [0.05, 0.1) is 11.3 Å². The number of nitrogens with one attached hydrogen (secondary N) is 1. The van der Waals surface area contributed by atoms with Crippen LogP contribution in [-0.2, 0) is 23.1 Å². The second-order valence-corrected chi connectivity index (χ2v) is 10.6. The first-order valence-electron chi connectivity index (χ1n) is 10.6. The number of halogens is 3. The third-order valence-electron chi connectivity index (χ3n) is 5.80. The Bertz CT molecular complexity index is 1490. The molecule has 9 nitrogen and oxygen atoms in total. The fraction of sp³-hybridized carbons (Fsp3) is 0.429. The minimum absolute atomic E-state index is 0.0192. The van der Waals surface area contributed by atoms with E-state index in [2.05, 4.69) is 25.4 Å². The average Bonchev–Trinajstić information content (AvgIpc) is 3.31. The normalized spacial score (nSPS) is 13.8. The van der Waals surface area contributed by atoms with Crippen molar-refractivity contribution >= 4 is 32.5 Å². The number of aromatic nitrogens is 6. The lowest BCUT2D eigenvalue weighted by Gasteiger charge is -2.19. The Balaban J connectivity index is 2.02. The topological polar surface area (TPSA) is 107 Å². The number of sulfone groups is 1. The fourth-order valence-corrected chi connectivity index (χ4v) is 4.41. The predicted octanol–water partition coefficient (Wildman–Crippen LogP) is 3.95. The number of fused-ring (bicyclic) bond motifs is 2. The van der Waals surface area contributed by atoms with Crippen molar-refractivity contribution in [3.05, 3.63) is 30.1 Å². The first-order valence-corrected chi connectivity index (χ1v) is 12.3. The summed E-state index contributed by atoms with van der Waals surface area (Å²) >= 11 is 0.